The van der Waals surface area contributed by atoms with E-state index in [4.69, 9.17) is 5.73 Å². The van der Waals surface area contributed by atoms with Gasteiger partial charge in [0.05, 0.1) is 11.4 Å². The van der Waals surface area contributed by atoms with Gasteiger partial charge in [-0.25, -0.2) is 0 Å². The van der Waals surface area contributed by atoms with E-state index in [9.17, 15) is 0 Å². The SMILES string of the molecule is Nc1ccc2c(c1)NC1CCN(C3CCC3)CCN21. The minimum atomic E-state index is 0.460. The summed E-state index contributed by atoms with van der Waals surface area (Å²) in [6, 6.07) is 7.10. The molecule has 19 heavy (non-hydrogen) atoms. The monoisotopic (exact) mass is 258 g/mol. The van der Waals surface area contributed by atoms with E-state index in [1.165, 1.54) is 50.1 Å². The molecule has 1 aliphatic carbocycles. The maximum Gasteiger partial charge on any atom is 0.100 e. The lowest BCUT2D eigenvalue weighted by atomic mass is 9.91. The van der Waals surface area contributed by atoms with Crippen LogP contribution in [0.3, 0.4) is 0 Å². The average molecular weight is 258 g/mol. The largest absolute Gasteiger partial charge is 0.399 e. The van der Waals surface area contributed by atoms with Gasteiger partial charge in [-0.1, -0.05) is 6.42 Å². The van der Waals surface area contributed by atoms with Gasteiger partial charge in [-0.3, -0.25) is 4.90 Å². The van der Waals surface area contributed by atoms with Gasteiger partial charge < -0.3 is 16.0 Å². The lowest BCUT2D eigenvalue weighted by Crippen LogP contribution is -2.42. The van der Waals surface area contributed by atoms with Crippen LogP contribution < -0.4 is 16.0 Å². The average Bonchev–Trinajstić information content (AvgIpc) is 2.54. The standard InChI is InChI=1S/C15H22N4/c16-11-4-5-14-13(10-11)17-15-6-7-18(8-9-19(14)15)12-2-1-3-12/h4-5,10,12,15,17H,1-3,6-9,16H2. The van der Waals surface area contributed by atoms with Crippen LogP contribution in [0.1, 0.15) is 25.7 Å². The molecule has 102 valence electrons. The Kier molecular flexibility index (Phi) is 2.58. The molecule has 1 unspecified atom stereocenters. The zero-order chi connectivity index (χ0) is 12.8. The lowest BCUT2D eigenvalue weighted by molar-refractivity contribution is 0.135. The number of nitrogens with one attached hydrogen (secondary N) is 1. The number of rotatable bonds is 1. The third-order valence-corrected chi connectivity index (χ3v) is 4.94. The summed E-state index contributed by atoms with van der Waals surface area (Å²) in [5.41, 5.74) is 9.26. The zero-order valence-electron chi connectivity index (χ0n) is 11.3. The van der Waals surface area contributed by atoms with Gasteiger partial charge in [0.2, 0.25) is 0 Å². The molecule has 1 atom stereocenters. The van der Waals surface area contributed by atoms with Crippen LogP contribution in [0.4, 0.5) is 17.1 Å². The zero-order valence-corrected chi connectivity index (χ0v) is 11.3. The third-order valence-electron chi connectivity index (χ3n) is 4.94. The Morgan fingerprint density at radius 2 is 2.00 bits per heavy atom. The molecule has 2 fully saturated rings. The lowest BCUT2D eigenvalue weighted by Gasteiger charge is -2.36. The summed E-state index contributed by atoms with van der Waals surface area (Å²) in [5.74, 6) is 0. The highest BCUT2D eigenvalue weighted by Crippen LogP contribution is 2.38. The molecule has 3 aliphatic rings. The van der Waals surface area contributed by atoms with Crippen molar-refractivity contribution in [3.8, 4) is 0 Å². The van der Waals surface area contributed by atoms with E-state index in [-0.39, 0.29) is 0 Å². The van der Waals surface area contributed by atoms with Gasteiger partial charge in [0.1, 0.15) is 6.17 Å². The number of hydrogen-bond donors (Lipinski definition) is 2. The Labute approximate surface area is 114 Å². The molecule has 0 radical (unpaired) electrons. The van der Waals surface area contributed by atoms with E-state index in [2.05, 4.69) is 27.2 Å². The Morgan fingerprint density at radius 3 is 2.79 bits per heavy atom. The van der Waals surface area contributed by atoms with E-state index in [0.29, 0.717) is 6.17 Å². The summed E-state index contributed by atoms with van der Waals surface area (Å²) in [5, 5.41) is 3.63. The van der Waals surface area contributed by atoms with Crippen molar-refractivity contribution in [2.45, 2.75) is 37.9 Å². The molecular weight excluding hydrogens is 236 g/mol. The van der Waals surface area contributed by atoms with Gasteiger partial charge in [0.15, 0.2) is 0 Å². The second kappa shape index (κ2) is 4.30. The van der Waals surface area contributed by atoms with Gasteiger partial charge in [-0.05, 0) is 37.5 Å². The van der Waals surface area contributed by atoms with Crippen LogP contribution in [0.15, 0.2) is 18.2 Å². The molecule has 0 bridgehead atoms. The summed E-state index contributed by atoms with van der Waals surface area (Å²) in [7, 11) is 0. The maximum absolute atomic E-state index is 5.87. The van der Waals surface area contributed by atoms with E-state index in [1.807, 2.05) is 6.07 Å². The molecule has 1 saturated heterocycles. The maximum atomic E-state index is 5.87. The van der Waals surface area contributed by atoms with Crippen LogP contribution in [0.5, 0.6) is 0 Å². The highest BCUT2D eigenvalue weighted by molar-refractivity contribution is 5.79. The van der Waals surface area contributed by atoms with E-state index >= 15 is 0 Å². The predicted molar refractivity (Wildman–Crippen MR) is 79.4 cm³/mol. The van der Waals surface area contributed by atoms with Crippen molar-refractivity contribution in [2.24, 2.45) is 0 Å². The molecule has 4 rings (SSSR count). The molecule has 0 spiro atoms. The first-order valence-corrected chi connectivity index (χ1v) is 7.48. The molecule has 1 saturated carbocycles. The van der Waals surface area contributed by atoms with Crippen LogP contribution in [0.2, 0.25) is 0 Å². The van der Waals surface area contributed by atoms with Gasteiger partial charge >= 0.3 is 0 Å². The summed E-state index contributed by atoms with van der Waals surface area (Å²) in [6.07, 6.45) is 5.90. The highest BCUT2D eigenvalue weighted by Gasteiger charge is 2.34. The van der Waals surface area contributed by atoms with Crippen molar-refractivity contribution < 1.29 is 0 Å². The second-order valence-electron chi connectivity index (χ2n) is 6.04. The van der Waals surface area contributed by atoms with Crippen LogP contribution in [0, 0.1) is 0 Å². The number of nitrogens with two attached hydrogens (primary N) is 1. The van der Waals surface area contributed by atoms with Crippen molar-refractivity contribution in [1.82, 2.24) is 4.90 Å². The highest BCUT2D eigenvalue weighted by atomic mass is 15.4. The summed E-state index contributed by atoms with van der Waals surface area (Å²) < 4.78 is 0. The normalized spacial score (nSPS) is 27.2. The molecule has 0 amide bonds. The first-order valence-electron chi connectivity index (χ1n) is 7.48. The fraction of sp³-hybridized carbons (Fsp3) is 0.600. The van der Waals surface area contributed by atoms with Crippen LogP contribution in [-0.2, 0) is 0 Å². The predicted octanol–water partition coefficient (Wildman–Crippen LogP) is 2.08. The van der Waals surface area contributed by atoms with Gasteiger partial charge in [-0.15, -0.1) is 0 Å². The fourth-order valence-corrected chi connectivity index (χ4v) is 3.60. The number of benzene rings is 1. The minimum absolute atomic E-state index is 0.460. The van der Waals surface area contributed by atoms with Crippen molar-refractivity contribution in [3.05, 3.63) is 18.2 Å². The molecule has 2 aliphatic heterocycles. The van der Waals surface area contributed by atoms with Crippen LogP contribution in [-0.4, -0.2) is 36.7 Å². The summed E-state index contributed by atoms with van der Waals surface area (Å²) in [6.45, 7) is 3.56. The Hall–Kier alpha value is -1.42. The second-order valence-corrected chi connectivity index (χ2v) is 6.04. The Balaban J connectivity index is 1.54. The van der Waals surface area contributed by atoms with Crippen molar-refractivity contribution in [2.75, 3.05) is 35.6 Å². The summed E-state index contributed by atoms with van der Waals surface area (Å²) >= 11 is 0. The number of anilines is 3. The first-order chi connectivity index (χ1) is 9.31. The van der Waals surface area contributed by atoms with Crippen molar-refractivity contribution in [1.29, 1.82) is 0 Å². The third kappa shape index (κ3) is 1.86. The molecule has 2 heterocycles. The molecule has 4 nitrogen and oxygen atoms in total. The van der Waals surface area contributed by atoms with Gasteiger partial charge in [0.25, 0.3) is 0 Å². The molecular formula is C15H22N4. The minimum Gasteiger partial charge on any atom is -0.399 e. The fourth-order valence-electron chi connectivity index (χ4n) is 3.60. The van der Waals surface area contributed by atoms with E-state index in [0.717, 1.165) is 18.3 Å². The van der Waals surface area contributed by atoms with Crippen molar-refractivity contribution >= 4 is 17.1 Å². The number of hydrogen-bond acceptors (Lipinski definition) is 4. The van der Waals surface area contributed by atoms with E-state index in [1.54, 1.807) is 0 Å². The molecule has 4 heteroatoms. The van der Waals surface area contributed by atoms with Crippen molar-refractivity contribution in [3.63, 3.8) is 0 Å². The number of nitrogen functional groups attached to an aromatic ring is 1. The molecule has 3 N–H and O–H groups in total. The molecule has 1 aromatic carbocycles. The number of fused-ring (bicyclic) bond motifs is 3. The van der Waals surface area contributed by atoms with Gasteiger partial charge in [0, 0.05) is 31.4 Å². The Morgan fingerprint density at radius 1 is 1.11 bits per heavy atom. The molecule has 1 aromatic rings. The first kappa shape index (κ1) is 11.4. The molecule has 0 aromatic heterocycles. The van der Waals surface area contributed by atoms with Crippen LogP contribution in [0.25, 0.3) is 0 Å². The topological polar surface area (TPSA) is 44.5 Å². The summed E-state index contributed by atoms with van der Waals surface area (Å²) in [4.78, 5) is 5.22. The van der Waals surface area contributed by atoms with E-state index < -0.39 is 0 Å². The smallest absolute Gasteiger partial charge is 0.100 e. The Bertz CT molecular complexity index is 483. The van der Waals surface area contributed by atoms with Gasteiger partial charge in [-0.2, -0.15) is 0 Å². The number of nitrogens with zero attached hydrogens (tertiary/aromatic N) is 2. The van der Waals surface area contributed by atoms with Crippen LogP contribution >= 0.6 is 0 Å². The quantitative estimate of drug-likeness (QED) is 0.757.